The average molecular weight is 520 g/mol. The largest absolute Gasteiger partial charge is 0.497 e. The van der Waals surface area contributed by atoms with Gasteiger partial charge in [-0.1, -0.05) is 45.7 Å². The van der Waals surface area contributed by atoms with Crippen LogP contribution in [0.25, 0.3) is 0 Å². The van der Waals surface area contributed by atoms with Gasteiger partial charge in [0.2, 0.25) is 5.91 Å². The molecule has 2 aliphatic rings. The first-order valence-corrected chi connectivity index (χ1v) is 13.8. The van der Waals surface area contributed by atoms with Gasteiger partial charge in [-0.25, -0.2) is 0 Å². The molecule has 3 amide bonds. The molecule has 0 unspecified atom stereocenters. The number of hydrogen-bond acceptors (Lipinski definition) is 4. The van der Waals surface area contributed by atoms with Gasteiger partial charge in [-0.2, -0.15) is 0 Å². The molecule has 1 aliphatic heterocycles. The normalized spacial score (nSPS) is 21.9. The second kappa shape index (κ2) is 12.0. The van der Waals surface area contributed by atoms with E-state index in [-0.39, 0.29) is 41.1 Å². The molecule has 7 heteroatoms. The molecule has 2 aromatic rings. The van der Waals surface area contributed by atoms with Crippen LogP contribution in [0.2, 0.25) is 0 Å². The first-order chi connectivity index (χ1) is 18.2. The van der Waals surface area contributed by atoms with Gasteiger partial charge in [0.15, 0.2) is 0 Å². The molecular formula is C31H41N3O4. The Hall–Kier alpha value is -3.35. The van der Waals surface area contributed by atoms with Crippen LogP contribution in [0.4, 0.5) is 0 Å². The number of carbonyl (C=O) groups is 3. The third-order valence-corrected chi connectivity index (χ3v) is 7.84. The molecule has 1 saturated heterocycles. The van der Waals surface area contributed by atoms with Crippen molar-refractivity contribution in [2.75, 3.05) is 20.2 Å². The summed E-state index contributed by atoms with van der Waals surface area (Å²) < 4.78 is 5.18. The van der Waals surface area contributed by atoms with Crippen LogP contribution in [-0.2, 0) is 10.2 Å². The van der Waals surface area contributed by atoms with E-state index in [2.05, 4.69) is 31.4 Å². The van der Waals surface area contributed by atoms with Gasteiger partial charge in [0.1, 0.15) is 5.75 Å². The number of carbonyl (C=O) groups excluding carboxylic acids is 3. The minimum Gasteiger partial charge on any atom is -0.497 e. The Morgan fingerprint density at radius 2 is 1.42 bits per heavy atom. The molecule has 2 N–H and O–H groups in total. The number of benzene rings is 2. The van der Waals surface area contributed by atoms with Crippen LogP contribution in [0.5, 0.6) is 5.75 Å². The fourth-order valence-corrected chi connectivity index (χ4v) is 5.44. The SMILES string of the molecule is COc1ccc(C(=O)N[C@@H]2CCCC[C@H]2NC(=O)[C@@H]2CCCN(C(=O)c3ccc(C(C)(C)C)cc3)C2)cc1. The van der Waals surface area contributed by atoms with E-state index in [1.54, 1.807) is 31.4 Å². The number of methoxy groups -OCH3 is 1. The summed E-state index contributed by atoms with van der Waals surface area (Å²) in [5.74, 6) is 0.254. The second-order valence-electron chi connectivity index (χ2n) is 11.6. The Morgan fingerprint density at radius 3 is 2.03 bits per heavy atom. The number of amides is 3. The predicted molar refractivity (Wildman–Crippen MR) is 148 cm³/mol. The van der Waals surface area contributed by atoms with Gasteiger partial charge >= 0.3 is 0 Å². The number of ether oxygens (including phenoxy) is 1. The van der Waals surface area contributed by atoms with Gasteiger partial charge in [-0.15, -0.1) is 0 Å². The van der Waals surface area contributed by atoms with Crippen molar-refractivity contribution in [2.24, 2.45) is 5.92 Å². The van der Waals surface area contributed by atoms with Crippen LogP contribution >= 0.6 is 0 Å². The van der Waals surface area contributed by atoms with Crippen LogP contribution in [0.1, 0.15) is 85.6 Å². The zero-order valence-corrected chi connectivity index (χ0v) is 23.1. The van der Waals surface area contributed by atoms with Crippen molar-refractivity contribution >= 4 is 17.7 Å². The lowest BCUT2D eigenvalue weighted by Crippen LogP contribution is -2.55. The van der Waals surface area contributed by atoms with Crippen LogP contribution in [0, 0.1) is 5.92 Å². The molecule has 0 spiro atoms. The number of nitrogens with zero attached hydrogens (tertiary/aromatic N) is 1. The number of rotatable bonds is 6. The van der Waals surface area contributed by atoms with Crippen LogP contribution in [0.15, 0.2) is 48.5 Å². The Labute approximate surface area is 226 Å². The lowest BCUT2D eigenvalue weighted by atomic mass is 9.86. The third-order valence-electron chi connectivity index (χ3n) is 7.84. The van der Waals surface area contributed by atoms with Crippen molar-refractivity contribution in [1.82, 2.24) is 15.5 Å². The summed E-state index contributed by atoms with van der Waals surface area (Å²) in [6.45, 7) is 7.53. The lowest BCUT2D eigenvalue weighted by Gasteiger charge is -2.36. The highest BCUT2D eigenvalue weighted by atomic mass is 16.5. The van der Waals surface area contributed by atoms with Crippen LogP contribution in [-0.4, -0.2) is 54.9 Å². The lowest BCUT2D eigenvalue weighted by molar-refractivity contribution is -0.127. The molecule has 1 saturated carbocycles. The van der Waals surface area contributed by atoms with Gasteiger partial charge in [0.05, 0.1) is 13.0 Å². The minimum absolute atomic E-state index is 0.0229. The first-order valence-electron chi connectivity index (χ1n) is 13.8. The molecule has 38 heavy (non-hydrogen) atoms. The molecule has 1 heterocycles. The molecule has 2 fully saturated rings. The molecule has 0 radical (unpaired) electrons. The first kappa shape index (κ1) is 27.7. The summed E-state index contributed by atoms with van der Waals surface area (Å²) in [6, 6.07) is 14.6. The molecule has 204 valence electrons. The van der Waals surface area contributed by atoms with E-state index in [0.29, 0.717) is 30.0 Å². The molecule has 0 aromatic heterocycles. The Bertz CT molecular complexity index is 1120. The summed E-state index contributed by atoms with van der Waals surface area (Å²) in [4.78, 5) is 41.2. The maximum absolute atomic E-state index is 13.3. The fourth-order valence-electron chi connectivity index (χ4n) is 5.44. The second-order valence-corrected chi connectivity index (χ2v) is 11.6. The highest BCUT2D eigenvalue weighted by Gasteiger charge is 2.33. The van der Waals surface area contributed by atoms with Gasteiger partial charge < -0.3 is 20.3 Å². The van der Waals surface area contributed by atoms with Crippen LogP contribution in [0.3, 0.4) is 0 Å². The quantitative estimate of drug-likeness (QED) is 0.579. The van der Waals surface area contributed by atoms with E-state index >= 15 is 0 Å². The Kier molecular flexibility index (Phi) is 8.75. The zero-order valence-electron chi connectivity index (χ0n) is 23.1. The van der Waals surface area contributed by atoms with Crippen molar-refractivity contribution < 1.29 is 19.1 Å². The smallest absolute Gasteiger partial charge is 0.253 e. The fraction of sp³-hybridized carbons (Fsp3) is 0.516. The average Bonchev–Trinajstić information content (AvgIpc) is 2.93. The summed E-state index contributed by atoms with van der Waals surface area (Å²) in [5.41, 5.74) is 2.44. The van der Waals surface area contributed by atoms with Gasteiger partial charge in [-0.3, -0.25) is 14.4 Å². The molecule has 7 nitrogen and oxygen atoms in total. The maximum atomic E-state index is 13.3. The standard InChI is InChI=1S/C31H41N3O4/c1-31(2,3)24-15-11-22(12-16-24)30(37)34-19-7-8-23(20-34)29(36)33-27-10-6-5-9-26(27)32-28(35)21-13-17-25(38-4)18-14-21/h11-18,23,26-27H,5-10,19-20H2,1-4H3,(H,32,35)(H,33,36)/t23-,26-,27-/m1/s1. The summed E-state index contributed by atoms with van der Waals surface area (Å²) in [7, 11) is 1.59. The Morgan fingerprint density at radius 1 is 0.816 bits per heavy atom. The Balaban J connectivity index is 1.35. The number of nitrogens with one attached hydrogen (secondary N) is 2. The highest BCUT2D eigenvalue weighted by Crippen LogP contribution is 2.25. The van der Waals surface area contributed by atoms with Gasteiger partial charge in [-0.05, 0) is 73.1 Å². The summed E-state index contributed by atoms with van der Waals surface area (Å²) in [6.07, 6.45) is 5.24. The molecule has 4 rings (SSSR count). The van der Waals surface area contributed by atoms with E-state index < -0.39 is 0 Å². The maximum Gasteiger partial charge on any atom is 0.253 e. The number of likely N-dealkylation sites (tertiary alicyclic amines) is 1. The van der Waals surface area contributed by atoms with Crippen molar-refractivity contribution in [2.45, 2.75) is 76.8 Å². The predicted octanol–water partition coefficient (Wildman–Crippen LogP) is 4.70. The molecular weight excluding hydrogens is 478 g/mol. The highest BCUT2D eigenvalue weighted by molar-refractivity contribution is 5.95. The van der Waals surface area contributed by atoms with E-state index in [4.69, 9.17) is 4.74 Å². The third kappa shape index (κ3) is 6.74. The van der Waals surface area contributed by atoms with E-state index in [0.717, 1.165) is 38.5 Å². The van der Waals surface area contributed by atoms with Crippen molar-refractivity contribution in [1.29, 1.82) is 0 Å². The van der Waals surface area contributed by atoms with E-state index in [9.17, 15) is 14.4 Å². The number of hydrogen-bond donors (Lipinski definition) is 2. The van der Waals surface area contributed by atoms with Crippen LogP contribution < -0.4 is 15.4 Å². The van der Waals surface area contributed by atoms with E-state index in [1.807, 2.05) is 29.2 Å². The molecule has 1 aliphatic carbocycles. The monoisotopic (exact) mass is 519 g/mol. The summed E-state index contributed by atoms with van der Waals surface area (Å²) in [5, 5.41) is 6.36. The zero-order chi connectivity index (χ0) is 27.3. The van der Waals surface area contributed by atoms with Crippen molar-refractivity contribution in [3.63, 3.8) is 0 Å². The van der Waals surface area contributed by atoms with Crippen molar-refractivity contribution in [3.8, 4) is 5.75 Å². The molecule has 0 bridgehead atoms. The molecule has 3 atom stereocenters. The minimum atomic E-state index is -0.249. The summed E-state index contributed by atoms with van der Waals surface area (Å²) >= 11 is 0. The topological polar surface area (TPSA) is 87.7 Å². The van der Waals surface area contributed by atoms with E-state index in [1.165, 1.54) is 5.56 Å². The number of piperidine rings is 1. The van der Waals surface area contributed by atoms with Gasteiger partial charge in [0, 0.05) is 36.3 Å². The van der Waals surface area contributed by atoms with Crippen molar-refractivity contribution in [3.05, 3.63) is 65.2 Å². The molecule has 2 aromatic carbocycles. The van der Waals surface area contributed by atoms with Gasteiger partial charge in [0.25, 0.3) is 11.8 Å².